The van der Waals surface area contributed by atoms with E-state index in [0.29, 0.717) is 29.0 Å². The normalized spacial score (nSPS) is 14.3. The molecule has 1 heterocycles. The van der Waals surface area contributed by atoms with Gasteiger partial charge in [-0.1, -0.05) is 0 Å². The van der Waals surface area contributed by atoms with Gasteiger partial charge in [0.15, 0.2) is 0 Å². The number of hydrogen-bond acceptors (Lipinski definition) is 2. The van der Waals surface area contributed by atoms with Gasteiger partial charge in [-0.15, -0.1) is 0 Å². The lowest BCUT2D eigenvalue weighted by Crippen LogP contribution is -2.40. The number of anilines is 2. The molecule has 0 aliphatic carbocycles. The summed E-state index contributed by atoms with van der Waals surface area (Å²) < 4.78 is 37.0. The Morgan fingerprint density at radius 3 is 2.72 bits per heavy atom. The summed E-state index contributed by atoms with van der Waals surface area (Å²) in [5, 5.41) is 2.41. The lowest BCUT2D eigenvalue weighted by Gasteiger charge is -2.18. The molecule has 0 radical (unpaired) electrons. The standard InChI is InChI=1S/C11H9F3N2O2/c12-11(13,14)10(18)16-4-3-7-5-8(15-6-17)1-2-9(7)16/h1-2,5-6H,3-4H2,(H,15,17). The number of carbonyl (C=O) groups excluding carboxylic acids is 2. The molecule has 2 amide bonds. The zero-order valence-corrected chi connectivity index (χ0v) is 9.12. The molecule has 1 aromatic carbocycles. The van der Waals surface area contributed by atoms with Crippen molar-refractivity contribution in [2.24, 2.45) is 0 Å². The van der Waals surface area contributed by atoms with E-state index in [1.807, 2.05) is 0 Å². The maximum atomic E-state index is 12.3. The van der Waals surface area contributed by atoms with E-state index in [1.54, 1.807) is 6.07 Å². The third kappa shape index (κ3) is 2.15. The van der Waals surface area contributed by atoms with E-state index in [9.17, 15) is 22.8 Å². The highest BCUT2D eigenvalue weighted by Gasteiger charge is 2.44. The molecular weight excluding hydrogens is 249 g/mol. The number of nitrogens with zero attached hydrogens (tertiary/aromatic N) is 1. The maximum absolute atomic E-state index is 12.3. The molecule has 0 atom stereocenters. The van der Waals surface area contributed by atoms with Crippen LogP contribution in [0.15, 0.2) is 18.2 Å². The second-order valence-corrected chi connectivity index (χ2v) is 3.81. The number of amides is 2. The minimum absolute atomic E-state index is 0.00177. The van der Waals surface area contributed by atoms with Gasteiger partial charge < -0.3 is 10.2 Å². The molecule has 96 valence electrons. The van der Waals surface area contributed by atoms with Gasteiger partial charge in [-0.3, -0.25) is 9.59 Å². The van der Waals surface area contributed by atoms with Gasteiger partial charge in [-0.05, 0) is 30.2 Å². The van der Waals surface area contributed by atoms with Gasteiger partial charge in [0.1, 0.15) is 0 Å². The van der Waals surface area contributed by atoms with Gasteiger partial charge in [-0.2, -0.15) is 13.2 Å². The number of hydrogen-bond donors (Lipinski definition) is 1. The van der Waals surface area contributed by atoms with E-state index in [4.69, 9.17) is 0 Å². The Morgan fingerprint density at radius 2 is 2.11 bits per heavy atom. The summed E-state index contributed by atoms with van der Waals surface area (Å²) in [6.07, 6.45) is -4.05. The first kappa shape index (κ1) is 12.4. The highest BCUT2D eigenvalue weighted by Crippen LogP contribution is 2.33. The van der Waals surface area contributed by atoms with Crippen LogP contribution in [0.4, 0.5) is 24.5 Å². The summed E-state index contributed by atoms with van der Waals surface area (Å²) in [6.45, 7) is -0.00177. The van der Waals surface area contributed by atoms with Crippen LogP contribution < -0.4 is 10.2 Å². The molecule has 1 aromatic rings. The van der Waals surface area contributed by atoms with Crippen LogP contribution in [0.5, 0.6) is 0 Å². The Hall–Kier alpha value is -2.05. The van der Waals surface area contributed by atoms with Crippen LogP contribution in [0.3, 0.4) is 0 Å². The number of fused-ring (bicyclic) bond motifs is 1. The predicted octanol–water partition coefficient (Wildman–Crippen LogP) is 1.71. The molecule has 1 aliphatic rings. The van der Waals surface area contributed by atoms with Crippen molar-refractivity contribution in [3.05, 3.63) is 23.8 Å². The molecule has 0 aromatic heterocycles. The molecule has 0 unspecified atom stereocenters. The molecule has 1 N–H and O–H groups in total. The van der Waals surface area contributed by atoms with Gasteiger partial charge in [0.05, 0.1) is 0 Å². The Bertz CT molecular complexity index is 500. The van der Waals surface area contributed by atoms with Gasteiger partial charge in [0.25, 0.3) is 0 Å². The van der Waals surface area contributed by atoms with Crippen molar-refractivity contribution in [1.82, 2.24) is 0 Å². The highest BCUT2D eigenvalue weighted by atomic mass is 19.4. The molecule has 0 spiro atoms. The van der Waals surface area contributed by atoms with Gasteiger partial charge in [-0.25, -0.2) is 0 Å². The second-order valence-electron chi connectivity index (χ2n) is 3.81. The minimum Gasteiger partial charge on any atom is -0.329 e. The highest BCUT2D eigenvalue weighted by molar-refractivity contribution is 5.99. The van der Waals surface area contributed by atoms with Crippen molar-refractivity contribution in [1.29, 1.82) is 0 Å². The lowest BCUT2D eigenvalue weighted by atomic mass is 10.1. The summed E-state index contributed by atoms with van der Waals surface area (Å²) in [4.78, 5) is 22.1. The fraction of sp³-hybridized carbons (Fsp3) is 0.273. The van der Waals surface area contributed by atoms with E-state index < -0.39 is 12.1 Å². The summed E-state index contributed by atoms with van der Waals surface area (Å²) >= 11 is 0. The Balaban J connectivity index is 2.29. The molecule has 2 rings (SSSR count). The van der Waals surface area contributed by atoms with Crippen LogP contribution in [0.25, 0.3) is 0 Å². The van der Waals surface area contributed by atoms with Crippen molar-refractivity contribution in [2.75, 3.05) is 16.8 Å². The average molecular weight is 258 g/mol. The van der Waals surface area contributed by atoms with E-state index in [2.05, 4.69) is 5.32 Å². The van der Waals surface area contributed by atoms with Crippen LogP contribution in [-0.2, 0) is 16.0 Å². The minimum atomic E-state index is -4.87. The largest absolute Gasteiger partial charge is 0.471 e. The third-order valence-electron chi connectivity index (χ3n) is 2.69. The SMILES string of the molecule is O=CNc1ccc2c(c1)CCN2C(=O)C(F)(F)F. The second kappa shape index (κ2) is 4.32. The summed E-state index contributed by atoms with van der Waals surface area (Å²) in [5.74, 6) is -1.86. The first-order valence-corrected chi connectivity index (χ1v) is 5.15. The number of carbonyl (C=O) groups is 2. The first-order valence-electron chi connectivity index (χ1n) is 5.15. The molecule has 0 saturated carbocycles. The summed E-state index contributed by atoms with van der Waals surface area (Å²) in [7, 11) is 0. The molecule has 0 fully saturated rings. The molecule has 0 bridgehead atoms. The quantitative estimate of drug-likeness (QED) is 0.821. The van der Waals surface area contributed by atoms with Crippen LogP contribution in [0, 0.1) is 0 Å². The smallest absolute Gasteiger partial charge is 0.329 e. The van der Waals surface area contributed by atoms with Gasteiger partial charge in [0, 0.05) is 17.9 Å². The average Bonchev–Trinajstić information content (AvgIpc) is 2.70. The molecule has 1 aliphatic heterocycles. The molecule has 18 heavy (non-hydrogen) atoms. The van der Waals surface area contributed by atoms with E-state index in [-0.39, 0.29) is 12.2 Å². The first-order chi connectivity index (χ1) is 8.43. The van der Waals surface area contributed by atoms with Gasteiger partial charge >= 0.3 is 12.1 Å². The van der Waals surface area contributed by atoms with Crippen molar-refractivity contribution in [3.8, 4) is 0 Å². The number of halogens is 3. The Morgan fingerprint density at radius 1 is 1.39 bits per heavy atom. The van der Waals surface area contributed by atoms with Crippen LogP contribution in [0.1, 0.15) is 5.56 Å². The molecule has 0 saturated heterocycles. The van der Waals surface area contributed by atoms with Crippen molar-refractivity contribution >= 4 is 23.7 Å². The third-order valence-corrected chi connectivity index (χ3v) is 2.69. The molecule has 4 nitrogen and oxygen atoms in total. The number of alkyl halides is 3. The topological polar surface area (TPSA) is 49.4 Å². The van der Waals surface area contributed by atoms with Crippen molar-refractivity contribution < 1.29 is 22.8 Å². The Labute approximate surface area is 100 Å². The van der Waals surface area contributed by atoms with E-state index >= 15 is 0 Å². The zero-order chi connectivity index (χ0) is 13.3. The predicted molar refractivity (Wildman–Crippen MR) is 58.2 cm³/mol. The number of benzene rings is 1. The zero-order valence-electron chi connectivity index (χ0n) is 9.12. The van der Waals surface area contributed by atoms with Crippen molar-refractivity contribution in [2.45, 2.75) is 12.6 Å². The van der Waals surface area contributed by atoms with Crippen LogP contribution in [0.2, 0.25) is 0 Å². The molecule has 7 heteroatoms. The van der Waals surface area contributed by atoms with Crippen molar-refractivity contribution in [3.63, 3.8) is 0 Å². The number of rotatable bonds is 2. The Kier molecular flexibility index (Phi) is 2.98. The summed E-state index contributed by atoms with van der Waals surface area (Å²) in [6, 6.07) is 4.42. The summed E-state index contributed by atoms with van der Waals surface area (Å²) in [5.41, 5.74) is 1.35. The fourth-order valence-electron chi connectivity index (χ4n) is 1.92. The number of nitrogens with one attached hydrogen (secondary N) is 1. The monoisotopic (exact) mass is 258 g/mol. The molecular formula is C11H9F3N2O2. The van der Waals surface area contributed by atoms with Crippen LogP contribution in [-0.4, -0.2) is 25.0 Å². The fourth-order valence-corrected chi connectivity index (χ4v) is 1.92. The van der Waals surface area contributed by atoms with E-state index in [0.717, 1.165) is 0 Å². The maximum Gasteiger partial charge on any atom is 0.471 e. The van der Waals surface area contributed by atoms with Gasteiger partial charge in [0.2, 0.25) is 6.41 Å². The van der Waals surface area contributed by atoms with Crippen LogP contribution >= 0.6 is 0 Å². The lowest BCUT2D eigenvalue weighted by molar-refractivity contribution is -0.170. The van der Waals surface area contributed by atoms with E-state index in [1.165, 1.54) is 12.1 Å².